The fourth-order valence-electron chi connectivity index (χ4n) is 1.53. The van der Waals surface area contributed by atoms with Crippen LogP contribution in [0.25, 0.3) is 0 Å². The van der Waals surface area contributed by atoms with E-state index < -0.39 is 0 Å². The Kier molecular flexibility index (Phi) is 1.60. The van der Waals surface area contributed by atoms with E-state index in [2.05, 4.69) is 38.2 Å². The van der Waals surface area contributed by atoms with Crippen LogP contribution in [0.5, 0.6) is 0 Å². The highest BCUT2D eigenvalue weighted by atomic mass is 16.5. The summed E-state index contributed by atoms with van der Waals surface area (Å²) < 4.78 is 5.78. The Balaban J connectivity index is 2.34. The van der Waals surface area contributed by atoms with Crippen molar-refractivity contribution in [3.63, 3.8) is 0 Å². The van der Waals surface area contributed by atoms with Crippen LogP contribution in [-0.2, 0) is 4.74 Å². The molecular weight excluding hydrogens is 148 g/mol. The Morgan fingerprint density at radius 3 is 2.83 bits per heavy atom. The van der Waals surface area contributed by atoms with Gasteiger partial charge in [-0.2, -0.15) is 0 Å². The van der Waals surface area contributed by atoms with Crippen molar-refractivity contribution < 1.29 is 4.74 Å². The first kappa shape index (κ1) is 7.66. The number of hydrogen-bond donors (Lipinski definition) is 0. The molecule has 0 bridgehead atoms. The van der Waals surface area contributed by atoms with E-state index in [0.717, 1.165) is 18.6 Å². The third-order valence-corrected chi connectivity index (χ3v) is 2.18. The van der Waals surface area contributed by atoms with Crippen molar-refractivity contribution in [3.8, 4) is 0 Å². The van der Waals surface area contributed by atoms with Gasteiger partial charge in [0.05, 0.1) is 0 Å². The van der Waals surface area contributed by atoms with E-state index in [1.54, 1.807) is 0 Å². The molecule has 1 aliphatic heterocycles. The minimum Gasteiger partial charge on any atom is -0.484 e. The van der Waals surface area contributed by atoms with E-state index >= 15 is 0 Å². The Morgan fingerprint density at radius 2 is 2.00 bits per heavy atom. The lowest BCUT2D eigenvalue weighted by Gasteiger charge is -2.30. The summed E-state index contributed by atoms with van der Waals surface area (Å²) in [7, 11) is 0. The predicted molar refractivity (Wildman–Crippen MR) is 49.7 cm³/mol. The van der Waals surface area contributed by atoms with Crippen LogP contribution in [0.15, 0.2) is 35.6 Å². The molecule has 1 heterocycles. The molecule has 1 aliphatic carbocycles. The molecule has 64 valence electrons. The maximum atomic E-state index is 5.78. The molecule has 0 aromatic rings. The zero-order valence-corrected chi connectivity index (χ0v) is 7.63. The van der Waals surface area contributed by atoms with Gasteiger partial charge in [0.2, 0.25) is 0 Å². The maximum Gasteiger partial charge on any atom is 0.123 e. The monoisotopic (exact) mass is 162 g/mol. The normalized spacial score (nSPS) is 25.2. The van der Waals surface area contributed by atoms with Gasteiger partial charge in [-0.1, -0.05) is 12.2 Å². The van der Waals surface area contributed by atoms with Crippen molar-refractivity contribution >= 4 is 0 Å². The van der Waals surface area contributed by atoms with Crippen molar-refractivity contribution in [3.05, 3.63) is 35.6 Å². The number of rotatable bonds is 0. The quantitative estimate of drug-likeness (QED) is 0.532. The van der Waals surface area contributed by atoms with E-state index in [1.165, 1.54) is 5.57 Å². The molecule has 0 spiro atoms. The maximum absolute atomic E-state index is 5.78. The highest BCUT2D eigenvalue weighted by molar-refractivity contribution is 5.41. The molecule has 0 N–H and O–H groups in total. The molecule has 2 rings (SSSR count). The van der Waals surface area contributed by atoms with Crippen molar-refractivity contribution in [1.29, 1.82) is 0 Å². The van der Waals surface area contributed by atoms with Crippen LogP contribution in [0.3, 0.4) is 0 Å². The molecule has 0 amide bonds. The lowest BCUT2D eigenvalue weighted by molar-refractivity contribution is 0.0781. The number of hydrogen-bond acceptors (Lipinski definition) is 1. The zero-order valence-electron chi connectivity index (χ0n) is 7.63. The Hall–Kier alpha value is -0.980. The van der Waals surface area contributed by atoms with Gasteiger partial charge in [0.15, 0.2) is 0 Å². The lowest BCUT2D eigenvalue weighted by Crippen LogP contribution is -2.25. The first-order chi connectivity index (χ1) is 5.67. The second kappa shape index (κ2) is 2.51. The third kappa shape index (κ3) is 1.31. The fourth-order valence-corrected chi connectivity index (χ4v) is 1.53. The molecule has 0 radical (unpaired) electrons. The van der Waals surface area contributed by atoms with Crippen molar-refractivity contribution in [2.75, 3.05) is 0 Å². The number of fused-ring (bicyclic) bond motifs is 1. The Bertz CT molecular complexity index is 279. The van der Waals surface area contributed by atoms with Gasteiger partial charge in [-0.3, -0.25) is 0 Å². The molecule has 0 fully saturated rings. The summed E-state index contributed by atoms with van der Waals surface area (Å²) in [6, 6.07) is 0. The molecule has 2 aliphatic rings. The van der Waals surface area contributed by atoms with Crippen LogP contribution in [0.2, 0.25) is 0 Å². The lowest BCUT2D eigenvalue weighted by atomic mass is 9.97. The summed E-state index contributed by atoms with van der Waals surface area (Å²) in [5, 5.41) is 0. The summed E-state index contributed by atoms with van der Waals surface area (Å²) in [6.45, 7) is 4.16. The molecule has 1 nitrogen and oxygen atoms in total. The summed E-state index contributed by atoms with van der Waals surface area (Å²) in [6.07, 6.45) is 11.0. The van der Waals surface area contributed by atoms with E-state index in [4.69, 9.17) is 4.74 Å². The Morgan fingerprint density at radius 1 is 1.25 bits per heavy atom. The largest absolute Gasteiger partial charge is 0.484 e. The minimum absolute atomic E-state index is 0.124. The number of allylic oxidation sites excluding steroid dienone is 3. The molecule has 0 aromatic heterocycles. The van der Waals surface area contributed by atoms with Crippen molar-refractivity contribution in [2.24, 2.45) is 0 Å². The molecule has 1 heteroatoms. The summed E-state index contributed by atoms with van der Waals surface area (Å²) in [4.78, 5) is 0. The third-order valence-electron chi connectivity index (χ3n) is 2.18. The van der Waals surface area contributed by atoms with Crippen LogP contribution in [0.4, 0.5) is 0 Å². The van der Waals surface area contributed by atoms with Gasteiger partial charge in [-0.25, -0.2) is 0 Å². The summed E-state index contributed by atoms with van der Waals surface area (Å²) >= 11 is 0. The van der Waals surface area contributed by atoms with Gasteiger partial charge < -0.3 is 4.74 Å². The molecule has 0 unspecified atom stereocenters. The highest BCUT2D eigenvalue weighted by Gasteiger charge is 2.23. The summed E-state index contributed by atoms with van der Waals surface area (Å²) in [5.41, 5.74) is 1.13. The smallest absolute Gasteiger partial charge is 0.123 e. The minimum atomic E-state index is -0.124. The zero-order chi connectivity index (χ0) is 8.60. The van der Waals surface area contributed by atoms with Crippen LogP contribution in [0, 0.1) is 0 Å². The number of ether oxygens (including phenoxy) is 1. The van der Waals surface area contributed by atoms with Gasteiger partial charge in [-0.05, 0) is 38.8 Å². The van der Waals surface area contributed by atoms with Crippen molar-refractivity contribution in [2.45, 2.75) is 32.3 Å². The van der Waals surface area contributed by atoms with Crippen molar-refractivity contribution in [1.82, 2.24) is 0 Å². The van der Waals surface area contributed by atoms with Gasteiger partial charge in [0.25, 0.3) is 0 Å². The average molecular weight is 162 g/mol. The van der Waals surface area contributed by atoms with E-state index in [9.17, 15) is 0 Å². The van der Waals surface area contributed by atoms with Gasteiger partial charge in [0, 0.05) is 5.57 Å². The van der Waals surface area contributed by atoms with Crippen LogP contribution in [0.1, 0.15) is 26.7 Å². The molecular formula is C11H14O. The first-order valence-corrected chi connectivity index (χ1v) is 4.46. The second-order valence-corrected chi connectivity index (χ2v) is 3.84. The molecule has 0 atom stereocenters. The molecule has 0 saturated carbocycles. The average Bonchev–Trinajstić information content (AvgIpc) is 2.02. The standard InChI is InChI=1S/C11H14O/c1-11(2)8-7-9-5-3-4-6-10(9)12-11/h5-8H,3-4H2,1-2H3. The highest BCUT2D eigenvalue weighted by Crippen LogP contribution is 2.31. The predicted octanol–water partition coefficient (Wildman–Crippen LogP) is 2.96. The van der Waals surface area contributed by atoms with Gasteiger partial charge in [0.1, 0.15) is 11.4 Å². The molecule has 12 heavy (non-hydrogen) atoms. The summed E-state index contributed by atoms with van der Waals surface area (Å²) in [5.74, 6) is 1.06. The van der Waals surface area contributed by atoms with E-state index in [1.807, 2.05) is 0 Å². The molecule has 0 saturated heterocycles. The van der Waals surface area contributed by atoms with Crippen LogP contribution < -0.4 is 0 Å². The Labute approximate surface area is 73.4 Å². The van der Waals surface area contributed by atoms with Crippen LogP contribution in [-0.4, -0.2) is 5.60 Å². The fraction of sp³-hybridized carbons (Fsp3) is 0.455. The SMILES string of the molecule is CC1(C)C=CC2=CCCC=C2O1. The molecule has 0 aromatic carbocycles. The van der Waals surface area contributed by atoms with Crippen LogP contribution >= 0.6 is 0 Å². The van der Waals surface area contributed by atoms with E-state index in [0.29, 0.717) is 0 Å². The van der Waals surface area contributed by atoms with E-state index in [-0.39, 0.29) is 5.60 Å². The van der Waals surface area contributed by atoms with Gasteiger partial charge >= 0.3 is 0 Å². The first-order valence-electron chi connectivity index (χ1n) is 4.46. The second-order valence-electron chi connectivity index (χ2n) is 3.84. The van der Waals surface area contributed by atoms with Gasteiger partial charge in [-0.15, -0.1) is 0 Å². The topological polar surface area (TPSA) is 9.23 Å².